The van der Waals surface area contributed by atoms with Gasteiger partial charge in [-0.25, -0.2) is 4.98 Å². The molecule has 0 radical (unpaired) electrons. The van der Waals surface area contributed by atoms with Gasteiger partial charge in [0, 0.05) is 36.7 Å². The third-order valence-corrected chi connectivity index (χ3v) is 3.50. The average molecular weight is 313 g/mol. The van der Waals surface area contributed by atoms with Gasteiger partial charge in [-0.1, -0.05) is 0 Å². The molecule has 0 bridgehead atoms. The number of nitrogens with zero attached hydrogens (tertiary/aromatic N) is 2. The van der Waals surface area contributed by atoms with Crippen LogP contribution in [0.15, 0.2) is 16.7 Å². The number of hydrogen-bond acceptors (Lipinski definition) is 4. The van der Waals surface area contributed by atoms with Gasteiger partial charge in [0.2, 0.25) is 5.91 Å². The summed E-state index contributed by atoms with van der Waals surface area (Å²) in [6.45, 7) is 3.29. The van der Waals surface area contributed by atoms with Crippen molar-refractivity contribution in [2.24, 2.45) is 0 Å². The van der Waals surface area contributed by atoms with Crippen molar-refractivity contribution in [1.82, 2.24) is 10.3 Å². The molecular weight excluding hydrogens is 296 g/mol. The van der Waals surface area contributed by atoms with Crippen molar-refractivity contribution in [3.05, 3.63) is 16.7 Å². The third kappa shape index (κ3) is 3.13. The van der Waals surface area contributed by atoms with Gasteiger partial charge in [-0.2, -0.15) is 0 Å². The molecule has 3 N–H and O–H groups in total. The molecule has 1 saturated heterocycles. The summed E-state index contributed by atoms with van der Waals surface area (Å²) in [5.41, 5.74) is 6.65. The molecule has 0 saturated carbocycles. The summed E-state index contributed by atoms with van der Waals surface area (Å²) in [6.07, 6.45) is 3.61. The fourth-order valence-electron chi connectivity index (χ4n) is 2.24. The number of piperidine rings is 1. The van der Waals surface area contributed by atoms with Gasteiger partial charge >= 0.3 is 0 Å². The van der Waals surface area contributed by atoms with Crippen LogP contribution in [-0.4, -0.2) is 30.0 Å². The Bertz CT molecular complexity index is 444. The first-order chi connectivity index (χ1) is 8.56. The smallest absolute Gasteiger partial charge is 0.217 e. The molecule has 5 nitrogen and oxygen atoms in total. The van der Waals surface area contributed by atoms with E-state index in [0.29, 0.717) is 5.69 Å². The number of aromatic nitrogens is 1. The van der Waals surface area contributed by atoms with E-state index in [1.165, 1.54) is 0 Å². The van der Waals surface area contributed by atoms with Crippen molar-refractivity contribution in [2.45, 2.75) is 25.8 Å². The summed E-state index contributed by atoms with van der Waals surface area (Å²) < 4.78 is 0.886. The van der Waals surface area contributed by atoms with Crippen molar-refractivity contribution in [3.63, 3.8) is 0 Å². The average Bonchev–Trinajstić information content (AvgIpc) is 2.30. The Kier molecular flexibility index (Phi) is 4.06. The molecule has 0 unspecified atom stereocenters. The lowest BCUT2D eigenvalue weighted by Crippen LogP contribution is -2.44. The van der Waals surface area contributed by atoms with Crippen LogP contribution in [-0.2, 0) is 4.79 Å². The lowest BCUT2D eigenvalue weighted by molar-refractivity contribution is -0.119. The maximum absolute atomic E-state index is 11.0. The van der Waals surface area contributed by atoms with Crippen LogP contribution >= 0.6 is 15.9 Å². The van der Waals surface area contributed by atoms with E-state index in [-0.39, 0.29) is 11.9 Å². The predicted octanol–water partition coefficient (Wildman–Crippen LogP) is 1.53. The van der Waals surface area contributed by atoms with Crippen LogP contribution in [0, 0.1) is 0 Å². The quantitative estimate of drug-likeness (QED) is 0.869. The number of rotatable bonds is 2. The minimum atomic E-state index is 0.0368. The van der Waals surface area contributed by atoms with Crippen LogP contribution in [0.5, 0.6) is 0 Å². The molecule has 1 aliphatic rings. The minimum absolute atomic E-state index is 0.0368. The number of nitrogens with two attached hydrogens (primary N) is 1. The number of anilines is 2. The van der Waals surface area contributed by atoms with Gasteiger partial charge in [0.1, 0.15) is 0 Å². The summed E-state index contributed by atoms with van der Waals surface area (Å²) in [4.78, 5) is 17.5. The fraction of sp³-hybridized carbons (Fsp3) is 0.500. The van der Waals surface area contributed by atoms with E-state index in [0.717, 1.165) is 36.2 Å². The number of carbonyl (C=O) groups excluding carboxylic acids is 1. The van der Waals surface area contributed by atoms with Crippen molar-refractivity contribution >= 4 is 33.3 Å². The highest BCUT2D eigenvalue weighted by Crippen LogP contribution is 2.26. The maximum atomic E-state index is 11.0. The van der Waals surface area contributed by atoms with E-state index in [9.17, 15) is 4.79 Å². The van der Waals surface area contributed by atoms with E-state index in [4.69, 9.17) is 5.73 Å². The summed E-state index contributed by atoms with van der Waals surface area (Å²) in [6, 6.07) is 2.14. The third-order valence-electron chi connectivity index (χ3n) is 3.06. The maximum Gasteiger partial charge on any atom is 0.217 e. The Balaban J connectivity index is 1.99. The topological polar surface area (TPSA) is 71.2 Å². The van der Waals surface area contributed by atoms with Crippen LogP contribution in [0.3, 0.4) is 0 Å². The van der Waals surface area contributed by atoms with Crippen molar-refractivity contribution in [2.75, 3.05) is 23.7 Å². The molecule has 0 spiro atoms. The van der Waals surface area contributed by atoms with Crippen LogP contribution in [0.1, 0.15) is 19.8 Å². The zero-order chi connectivity index (χ0) is 13.1. The molecule has 2 rings (SSSR count). The lowest BCUT2D eigenvalue weighted by atomic mass is 10.0. The molecule has 98 valence electrons. The van der Waals surface area contributed by atoms with Gasteiger partial charge in [-0.3, -0.25) is 4.79 Å². The minimum Gasteiger partial charge on any atom is -0.396 e. The second-order valence-corrected chi connectivity index (χ2v) is 5.44. The first-order valence-electron chi connectivity index (χ1n) is 5.99. The van der Waals surface area contributed by atoms with Crippen molar-refractivity contribution in [3.8, 4) is 0 Å². The van der Waals surface area contributed by atoms with Gasteiger partial charge in [0.25, 0.3) is 0 Å². The Morgan fingerprint density at radius 1 is 1.56 bits per heavy atom. The van der Waals surface area contributed by atoms with Crippen LogP contribution < -0.4 is 16.0 Å². The molecule has 18 heavy (non-hydrogen) atoms. The fourth-order valence-corrected chi connectivity index (χ4v) is 2.58. The molecule has 6 heteroatoms. The Morgan fingerprint density at radius 3 is 2.78 bits per heavy atom. The highest BCUT2D eigenvalue weighted by atomic mass is 79.9. The SMILES string of the molecule is CC(=O)NC1CCN(c2ncc(Br)cc2N)CC1. The lowest BCUT2D eigenvalue weighted by Gasteiger charge is -2.33. The highest BCUT2D eigenvalue weighted by Gasteiger charge is 2.21. The van der Waals surface area contributed by atoms with Crippen LogP contribution in [0.4, 0.5) is 11.5 Å². The van der Waals surface area contributed by atoms with Crippen LogP contribution in [0.2, 0.25) is 0 Å². The first kappa shape index (κ1) is 13.1. The molecule has 0 aliphatic carbocycles. The summed E-state index contributed by atoms with van der Waals surface area (Å²) in [5, 5.41) is 2.95. The molecule has 1 fully saturated rings. The first-order valence-corrected chi connectivity index (χ1v) is 6.78. The molecule has 0 atom stereocenters. The van der Waals surface area contributed by atoms with Crippen molar-refractivity contribution in [1.29, 1.82) is 0 Å². The summed E-state index contributed by atoms with van der Waals surface area (Å²) >= 11 is 3.35. The monoisotopic (exact) mass is 312 g/mol. The van der Waals surface area contributed by atoms with Gasteiger partial charge in [-0.05, 0) is 34.8 Å². The highest BCUT2D eigenvalue weighted by molar-refractivity contribution is 9.10. The molecule has 1 aromatic rings. The normalized spacial score (nSPS) is 16.7. The van der Waals surface area contributed by atoms with E-state index in [1.54, 1.807) is 13.1 Å². The zero-order valence-corrected chi connectivity index (χ0v) is 11.9. The zero-order valence-electron chi connectivity index (χ0n) is 10.3. The number of amides is 1. The molecule has 0 aromatic carbocycles. The number of pyridine rings is 1. The van der Waals surface area contributed by atoms with Gasteiger partial charge in [0.15, 0.2) is 5.82 Å². The molecular formula is C12H17BrN4O. The van der Waals surface area contributed by atoms with E-state index >= 15 is 0 Å². The number of hydrogen-bond donors (Lipinski definition) is 2. The van der Waals surface area contributed by atoms with E-state index < -0.39 is 0 Å². The molecule has 1 amide bonds. The Labute approximate surface area is 115 Å². The molecule has 2 heterocycles. The predicted molar refractivity (Wildman–Crippen MR) is 75.4 cm³/mol. The summed E-state index contributed by atoms with van der Waals surface area (Å²) in [7, 11) is 0. The molecule has 1 aromatic heterocycles. The molecule has 1 aliphatic heterocycles. The Morgan fingerprint density at radius 2 is 2.22 bits per heavy atom. The number of carbonyl (C=O) groups is 1. The van der Waals surface area contributed by atoms with Gasteiger partial charge in [-0.15, -0.1) is 0 Å². The number of nitrogens with one attached hydrogen (secondary N) is 1. The van der Waals surface area contributed by atoms with E-state index in [2.05, 4.69) is 31.1 Å². The standard InChI is InChI=1S/C12H17BrN4O/c1-8(18)16-10-2-4-17(5-3-10)12-11(14)6-9(13)7-15-12/h6-7,10H,2-5,14H2,1H3,(H,16,18). The number of halogens is 1. The van der Waals surface area contributed by atoms with Crippen LogP contribution in [0.25, 0.3) is 0 Å². The van der Waals surface area contributed by atoms with Crippen molar-refractivity contribution < 1.29 is 4.79 Å². The Hall–Kier alpha value is -1.30. The largest absolute Gasteiger partial charge is 0.396 e. The summed E-state index contributed by atoms with van der Waals surface area (Å²) in [5.74, 6) is 0.870. The van der Waals surface area contributed by atoms with Gasteiger partial charge in [0.05, 0.1) is 5.69 Å². The second kappa shape index (κ2) is 5.56. The number of nitrogen functional groups attached to an aromatic ring is 1. The second-order valence-electron chi connectivity index (χ2n) is 4.53. The van der Waals surface area contributed by atoms with E-state index in [1.807, 2.05) is 6.07 Å². The van der Waals surface area contributed by atoms with Gasteiger partial charge < -0.3 is 16.0 Å².